The lowest BCUT2D eigenvalue weighted by atomic mass is 9.69. The molecule has 6 rings (SSSR count). The van der Waals surface area contributed by atoms with Gasteiger partial charge in [-0.15, -0.1) is 0 Å². The fourth-order valence-electron chi connectivity index (χ4n) is 5.49. The lowest BCUT2D eigenvalue weighted by Crippen LogP contribution is -2.54. The lowest BCUT2D eigenvalue weighted by Gasteiger charge is -2.47. The second-order valence-electron chi connectivity index (χ2n) is 7.51. The molecule has 0 N–H and O–H groups in total. The SMILES string of the molecule is COC1C=CC23OC2CN2CCCc4cc5c(cc4C23C1)OCO5. The first-order valence-electron chi connectivity index (χ1n) is 8.85. The van der Waals surface area contributed by atoms with Crippen molar-refractivity contribution in [3.05, 3.63) is 35.4 Å². The minimum atomic E-state index is -0.186. The van der Waals surface area contributed by atoms with Gasteiger partial charge in [-0.2, -0.15) is 0 Å². The maximum atomic E-state index is 6.27. The Morgan fingerprint density at radius 1 is 1.25 bits per heavy atom. The minimum Gasteiger partial charge on any atom is -0.454 e. The molecular weight excluding hydrogens is 306 g/mol. The fourth-order valence-corrected chi connectivity index (χ4v) is 5.49. The van der Waals surface area contributed by atoms with Gasteiger partial charge in [0.1, 0.15) is 11.7 Å². The van der Waals surface area contributed by atoms with E-state index in [0.29, 0.717) is 12.9 Å². The van der Waals surface area contributed by atoms with Gasteiger partial charge < -0.3 is 18.9 Å². The van der Waals surface area contributed by atoms with Crippen molar-refractivity contribution < 1.29 is 18.9 Å². The molecule has 0 bridgehead atoms. The van der Waals surface area contributed by atoms with E-state index >= 15 is 0 Å². The first-order chi connectivity index (χ1) is 11.8. The van der Waals surface area contributed by atoms with Crippen LogP contribution >= 0.6 is 0 Å². The van der Waals surface area contributed by atoms with E-state index in [1.165, 1.54) is 17.5 Å². The molecule has 4 aliphatic heterocycles. The van der Waals surface area contributed by atoms with E-state index in [9.17, 15) is 0 Å². The zero-order valence-electron chi connectivity index (χ0n) is 13.8. The quantitative estimate of drug-likeness (QED) is 0.583. The molecule has 2 fully saturated rings. The van der Waals surface area contributed by atoms with Crippen molar-refractivity contribution >= 4 is 0 Å². The average molecular weight is 327 g/mol. The van der Waals surface area contributed by atoms with Crippen LogP contribution in [0.15, 0.2) is 24.3 Å². The molecule has 1 aromatic carbocycles. The monoisotopic (exact) mass is 327 g/mol. The maximum Gasteiger partial charge on any atom is 0.231 e. The number of benzene rings is 1. The molecule has 24 heavy (non-hydrogen) atoms. The third-order valence-corrected chi connectivity index (χ3v) is 6.61. The molecule has 1 aromatic rings. The highest BCUT2D eigenvalue weighted by Crippen LogP contribution is 2.65. The summed E-state index contributed by atoms with van der Waals surface area (Å²) in [6, 6.07) is 4.41. The molecule has 126 valence electrons. The molecule has 2 spiro atoms. The Hall–Kier alpha value is -1.56. The highest BCUT2D eigenvalue weighted by atomic mass is 16.7. The van der Waals surface area contributed by atoms with Gasteiger partial charge in [0.2, 0.25) is 6.79 Å². The van der Waals surface area contributed by atoms with Gasteiger partial charge in [-0.25, -0.2) is 0 Å². The molecule has 0 aromatic heterocycles. The molecule has 0 radical (unpaired) electrons. The number of ether oxygens (including phenoxy) is 4. The van der Waals surface area contributed by atoms with Crippen LogP contribution in [0.5, 0.6) is 11.5 Å². The van der Waals surface area contributed by atoms with Crippen molar-refractivity contribution in [2.24, 2.45) is 0 Å². The molecule has 5 nitrogen and oxygen atoms in total. The van der Waals surface area contributed by atoms with Gasteiger partial charge in [0, 0.05) is 20.1 Å². The van der Waals surface area contributed by atoms with Gasteiger partial charge in [0.05, 0.1) is 11.6 Å². The summed E-state index contributed by atoms with van der Waals surface area (Å²) < 4.78 is 23.3. The van der Waals surface area contributed by atoms with Crippen LogP contribution in [0.25, 0.3) is 0 Å². The van der Waals surface area contributed by atoms with Crippen molar-refractivity contribution in [1.29, 1.82) is 0 Å². The van der Waals surface area contributed by atoms with Crippen molar-refractivity contribution in [2.75, 3.05) is 27.0 Å². The van der Waals surface area contributed by atoms with E-state index < -0.39 is 0 Å². The van der Waals surface area contributed by atoms with Crippen LogP contribution in [0.4, 0.5) is 0 Å². The summed E-state index contributed by atoms with van der Waals surface area (Å²) in [6.07, 6.45) is 8.07. The predicted octanol–water partition coefficient (Wildman–Crippen LogP) is 1.98. The number of hydrogen-bond acceptors (Lipinski definition) is 5. The molecule has 4 atom stereocenters. The smallest absolute Gasteiger partial charge is 0.231 e. The molecule has 2 saturated heterocycles. The first-order valence-corrected chi connectivity index (χ1v) is 8.85. The van der Waals surface area contributed by atoms with Crippen molar-refractivity contribution in [2.45, 2.75) is 42.6 Å². The van der Waals surface area contributed by atoms with Crippen LogP contribution < -0.4 is 9.47 Å². The summed E-state index contributed by atoms with van der Waals surface area (Å²) >= 11 is 0. The second kappa shape index (κ2) is 4.34. The van der Waals surface area contributed by atoms with Crippen molar-refractivity contribution in [1.82, 2.24) is 4.90 Å². The molecule has 0 saturated carbocycles. The van der Waals surface area contributed by atoms with Crippen LogP contribution in [0.3, 0.4) is 0 Å². The molecular formula is C19H21NO4. The fraction of sp³-hybridized carbons (Fsp3) is 0.579. The Morgan fingerprint density at radius 2 is 2.12 bits per heavy atom. The predicted molar refractivity (Wildman–Crippen MR) is 86.3 cm³/mol. The molecule has 5 heteroatoms. The first kappa shape index (κ1) is 13.7. The van der Waals surface area contributed by atoms with E-state index in [0.717, 1.165) is 37.4 Å². The Morgan fingerprint density at radius 3 is 3.00 bits per heavy atom. The number of methoxy groups -OCH3 is 1. The third kappa shape index (κ3) is 1.43. The molecule has 4 unspecified atom stereocenters. The van der Waals surface area contributed by atoms with Gasteiger partial charge in [0.25, 0.3) is 0 Å². The van der Waals surface area contributed by atoms with Gasteiger partial charge in [-0.05, 0) is 48.7 Å². The normalized spacial score (nSPS) is 41.2. The average Bonchev–Trinajstić information content (AvgIpc) is 3.02. The second-order valence-corrected chi connectivity index (χ2v) is 7.51. The van der Waals surface area contributed by atoms with Crippen molar-refractivity contribution in [3.8, 4) is 11.5 Å². The molecule has 4 heterocycles. The Kier molecular flexibility index (Phi) is 2.48. The van der Waals surface area contributed by atoms with Crippen LogP contribution in [-0.4, -0.2) is 49.7 Å². The Balaban J connectivity index is 1.61. The lowest BCUT2D eigenvalue weighted by molar-refractivity contribution is -0.0221. The molecule has 5 aliphatic rings. The number of nitrogens with zero attached hydrogens (tertiary/aromatic N) is 1. The van der Waals surface area contributed by atoms with E-state index in [1.54, 1.807) is 7.11 Å². The number of aryl methyl sites for hydroxylation is 1. The number of rotatable bonds is 1. The number of fused-ring (bicyclic) bond motifs is 2. The summed E-state index contributed by atoms with van der Waals surface area (Å²) in [6.45, 7) is 2.43. The van der Waals surface area contributed by atoms with E-state index in [1.807, 2.05) is 0 Å². The number of morpholine rings is 1. The van der Waals surface area contributed by atoms with Crippen molar-refractivity contribution in [3.63, 3.8) is 0 Å². The van der Waals surface area contributed by atoms with Crippen LogP contribution in [0.2, 0.25) is 0 Å². The summed E-state index contributed by atoms with van der Waals surface area (Å²) in [4.78, 5) is 2.64. The van der Waals surface area contributed by atoms with Gasteiger partial charge in [-0.1, -0.05) is 6.08 Å². The zero-order chi connectivity index (χ0) is 15.9. The maximum absolute atomic E-state index is 6.27. The standard InChI is InChI=1S/C19H21NO4/c1-21-13-4-5-19-17(24-19)10-20-6-2-3-12-7-15-16(23-11-22-15)8-14(12)18(19,20)9-13/h4-5,7-8,13,17H,2-3,6,9-11H2,1H3. The number of epoxide rings is 1. The third-order valence-electron chi connectivity index (χ3n) is 6.61. The van der Waals surface area contributed by atoms with E-state index in [-0.39, 0.29) is 17.2 Å². The highest BCUT2D eigenvalue weighted by molar-refractivity contribution is 5.56. The highest BCUT2D eigenvalue weighted by Gasteiger charge is 2.77. The number of hydrogen-bond donors (Lipinski definition) is 0. The van der Waals surface area contributed by atoms with Crippen LogP contribution in [0.1, 0.15) is 24.0 Å². The molecule has 0 amide bonds. The van der Waals surface area contributed by atoms with E-state index in [4.69, 9.17) is 18.9 Å². The van der Waals surface area contributed by atoms with Gasteiger partial charge in [-0.3, -0.25) is 4.90 Å². The summed E-state index contributed by atoms with van der Waals surface area (Å²) in [5.74, 6) is 1.75. The largest absolute Gasteiger partial charge is 0.454 e. The van der Waals surface area contributed by atoms with Gasteiger partial charge >= 0.3 is 0 Å². The minimum absolute atomic E-state index is 0.123. The summed E-state index contributed by atoms with van der Waals surface area (Å²) in [5, 5.41) is 0. The Bertz CT molecular complexity index is 762. The molecule has 1 aliphatic carbocycles. The summed E-state index contributed by atoms with van der Waals surface area (Å²) in [5.41, 5.74) is 2.41. The van der Waals surface area contributed by atoms with Gasteiger partial charge in [0.15, 0.2) is 11.5 Å². The van der Waals surface area contributed by atoms with Crippen LogP contribution in [0, 0.1) is 0 Å². The topological polar surface area (TPSA) is 43.5 Å². The zero-order valence-corrected chi connectivity index (χ0v) is 13.8. The Labute approximate surface area is 141 Å². The summed E-state index contributed by atoms with van der Waals surface area (Å²) in [7, 11) is 1.80. The van der Waals surface area contributed by atoms with E-state index in [2.05, 4.69) is 29.2 Å². The van der Waals surface area contributed by atoms with Crippen LogP contribution in [-0.2, 0) is 21.4 Å².